The lowest BCUT2D eigenvalue weighted by Gasteiger charge is -2.15. The van der Waals surface area contributed by atoms with Crippen LogP contribution in [-0.2, 0) is 0 Å². The number of hydrogen-bond acceptors (Lipinski definition) is 2. The van der Waals surface area contributed by atoms with Gasteiger partial charge in [-0.25, -0.2) is 4.98 Å². The molecule has 112 valence electrons. The van der Waals surface area contributed by atoms with Crippen LogP contribution in [0.3, 0.4) is 0 Å². The summed E-state index contributed by atoms with van der Waals surface area (Å²) in [6, 6.07) is 15.3. The lowest BCUT2D eigenvalue weighted by molar-refractivity contribution is 0.749. The van der Waals surface area contributed by atoms with E-state index in [2.05, 4.69) is 59.2 Å². The zero-order valence-electron chi connectivity index (χ0n) is 12.9. The molecule has 22 heavy (non-hydrogen) atoms. The molecule has 1 aliphatic rings. The molecule has 2 aromatic heterocycles. The van der Waals surface area contributed by atoms with E-state index in [1.807, 2.05) is 6.07 Å². The van der Waals surface area contributed by atoms with Crippen molar-refractivity contribution in [1.29, 1.82) is 0 Å². The van der Waals surface area contributed by atoms with E-state index in [1.54, 1.807) is 0 Å². The van der Waals surface area contributed by atoms with E-state index in [0.29, 0.717) is 6.04 Å². The number of hydrogen-bond donors (Lipinski definition) is 1. The Labute approximate surface area is 131 Å². The first-order valence-electron chi connectivity index (χ1n) is 8.12. The van der Waals surface area contributed by atoms with Crippen LogP contribution in [0.5, 0.6) is 0 Å². The number of nitrogens with one attached hydrogen (secondary N) is 1. The highest BCUT2D eigenvalue weighted by Crippen LogP contribution is 2.31. The van der Waals surface area contributed by atoms with Gasteiger partial charge in [0, 0.05) is 17.8 Å². The molecule has 0 spiro atoms. The largest absolute Gasteiger partial charge is 0.367 e. The number of aryl methyl sites for hydroxylation is 1. The van der Waals surface area contributed by atoms with Crippen LogP contribution in [0, 0.1) is 6.92 Å². The second kappa shape index (κ2) is 5.48. The quantitative estimate of drug-likeness (QED) is 0.760. The highest BCUT2D eigenvalue weighted by atomic mass is 15.1. The first-order chi connectivity index (χ1) is 10.8. The highest BCUT2D eigenvalue weighted by Gasteiger charge is 2.20. The van der Waals surface area contributed by atoms with Gasteiger partial charge in [-0.05, 0) is 31.4 Å². The van der Waals surface area contributed by atoms with E-state index < -0.39 is 0 Å². The van der Waals surface area contributed by atoms with Crippen molar-refractivity contribution in [3.8, 4) is 11.3 Å². The number of fused-ring (bicyclic) bond motifs is 1. The summed E-state index contributed by atoms with van der Waals surface area (Å²) in [7, 11) is 0. The van der Waals surface area contributed by atoms with Crippen LogP contribution < -0.4 is 5.32 Å². The lowest BCUT2D eigenvalue weighted by atomic mass is 10.1. The third kappa shape index (κ3) is 2.37. The van der Waals surface area contributed by atoms with Gasteiger partial charge in [0.25, 0.3) is 0 Å². The zero-order valence-corrected chi connectivity index (χ0v) is 12.9. The van der Waals surface area contributed by atoms with Crippen LogP contribution >= 0.6 is 0 Å². The molecular weight excluding hydrogens is 270 g/mol. The summed E-state index contributed by atoms with van der Waals surface area (Å²) in [6.45, 7) is 2.13. The summed E-state index contributed by atoms with van der Waals surface area (Å²) in [5, 5.41) is 3.76. The summed E-state index contributed by atoms with van der Waals surface area (Å²) < 4.78 is 2.20. The topological polar surface area (TPSA) is 29.3 Å². The van der Waals surface area contributed by atoms with Crippen molar-refractivity contribution in [3.05, 3.63) is 54.2 Å². The van der Waals surface area contributed by atoms with Gasteiger partial charge in [-0.1, -0.05) is 49.2 Å². The minimum Gasteiger partial charge on any atom is -0.367 e. The first kappa shape index (κ1) is 13.4. The van der Waals surface area contributed by atoms with Gasteiger partial charge >= 0.3 is 0 Å². The maximum absolute atomic E-state index is 4.87. The Bertz CT molecular complexity index is 783. The molecule has 1 fully saturated rings. The fraction of sp³-hybridized carbons (Fsp3) is 0.316. The normalized spacial score (nSPS) is 15.5. The molecule has 1 N–H and O–H groups in total. The molecule has 3 nitrogen and oxygen atoms in total. The number of benzene rings is 1. The average Bonchev–Trinajstić information content (AvgIpc) is 3.17. The van der Waals surface area contributed by atoms with Crippen molar-refractivity contribution in [2.45, 2.75) is 38.6 Å². The Morgan fingerprint density at radius 2 is 1.82 bits per heavy atom. The monoisotopic (exact) mass is 291 g/mol. The second-order valence-corrected chi connectivity index (χ2v) is 6.24. The molecule has 4 rings (SSSR count). The predicted molar refractivity (Wildman–Crippen MR) is 91.2 cm³/mol. The minimum absolute atomic E-state index is 0.572. The molecule has 0 unspecified atom stereocenters. The van der Waals surface area contributed by atoms with Crippen LogP contribution in [0.2, 0.25) is 0 Å². The fourth-order valence-corrected chi connectivity index (χ4v) is 3.35. The van der Waals surface area contributed by atoms with Crippen LogP contribution in [0.4, 0.5) is 5.82 Å². The predicted octanol–water partition coefficient (Wildman–Crippen LogP) is 4.66. The van der Waals surface area contributed by atoms with E-state index in [1.165, 1.54) is 36.8 Å². The van der Waals surface area contributed by atoms with Crippen molar-refractivity contribution in [2.75, 3.05) is 5.32 Å². The molecule has 1 saturated carbocycles. The molecule has 1 aromatic carbocycles. The Kier molecular flexibility index (Phi) is 3.34. The van der Waals surface area contributed by atoms with Crippen LogP contribution in [-0.4, -0.2) is 15.4 Å². The molecule has 0 amide bonds. The van der Waals surface area contributed by atoms with Crippen molar-refractivity contribution in [3.63, 3.8) is 0 Å². The maximum atomic E-state index is 4.87. The van der Waals surface area contributed by atoms with Gasteiger partial charge in [-0.3, -0.25) is 4.40 Å². The molecule has 0 radical (unpaired) electrons. The summed E-state index contributed by atoms with van der Waals surface area (Å²) in [4.78, 5) is 4.87. The SMILES string of the molecule is Cc1ccc2nc(-c3ccccc3)c(NC3CCCC3)n2c1. The Morgan fingerprint density at radius 3 is 2.59 bits per heavy atom. The molecule has 2 heterocycles. The van der Waals surface area contributed by atoms with Gasteiger partial charge < -0.3 is 5.32 Å². The van der Waals surface area contributed by atoms with Gasteiger partial charge in [0.2, 0.25) is 0 Å². The number of rotatable bonds is 3. The standard InChI is InChI=1S/C19H21N3/c1-14-11-12-17-21-18(15-7-3-2-4-8-15)19(22(17)13-14)20-16-9-5-6-10-16/h2-4,7-8,11-13,16,20H,5-6,9-10H2,1H3. The summed E-state index contributed by atoms with van der Waals surface area (Å²) in [5.41, 5.74) is 4.48. The maximum Gasteiger partial charge on any atom is 0.139 e. The Balaban J connectivity index is 1.86. The number of pyridine rings is 1. The third-order valence-electron chi connectivity index (χ3n) is 4.51. The third-order valence-corrected chi connectivity index (χ3v) is 4.51. The van der Waals surface area contributed by atoms with Gasteiger partial charge in [0.15, 0.2) is 0 Å². The molecular formula is C19H21N3. The van der Waals surface area contributed by atoms with E-state index in [0.717, 1.165) is 17.2 Å². The van der Waals surface area contributed by atoms with Crippen molar-refractivity contribution >= 4 is 11.5 Å². The van der Waals surface area contributed by atoms with Crippen LogP contribution in [0.25, 0.3) is 16.9 Å². The van der Waals surface area contributed by atoms with Crippen molar-refractivity contribution < 1.29 is 0 Å². The van der Waals surface area contributed by atoms with Gasteiger partial charge in [0.05, 0.1) is 0 Å². The number of anilines is 1. The molecule has 0 atom stereocenters. The number of imidazole rings is 1. The molecule has 3 heteroatoms. The highest BCUT2D eigenvalue weighted by molar-refractivity contribution is 5.76. The molecule has 3 aromatic rings. The first-order valence-corrected chi connectivity index (χ1v) is 8.12. The fourth-order valence-electron chi connectivity index (χ4n) is 3.35. The van der Waals surface area contributed by atoms with E-state index in [4.69, 9.17) is 4.98 Å². The Hall–Kier alpha value is -2.29. The average molecular weight is 291 g/mol. The van der Waals surface area contributed by atoms with E-state index >= 15 is 0 Å². The zero-order chi connectivity index (χ0) is 14.9. The van der Waals surface area contributed by atoms with Gasteiger partial charge in [0.1, 0.15) is 17.2 Å². The van der Waals surface area contributed by atoms with Crippen LogP contribution in [0.15, 0.2) is 48.7 Å². The minimum atomic E-state index is 0.572. The molecule has 0 bridgehead atoms. The smallest absolute Gasteiger partial charge is 0.139 e. The van der Waals surface area contributed by atoms with Crippen molar-refractivity contribution in [1.82, 2.24) is 9.38 Å². The van der Waals surface area contributed by atoms with E-state index in [-0.39, 0.29) is 0 Å². The molecule has 1 aliphatic carbocycles. The summed E-state index contributed by atoms with van der Waals surface area (Å²) in [5.74, 6) is 1.14. The van der Waals surface area contributed by atoms with Crippen molar-refractivity contribution in [2.24, 2.45) is 0 Å². The number of nitrogens with zero attached hydrogens (tertiary/aromatic N) is 2. The Morgan fingerprint density at radius 1 is 1.05 bits per heavy atom. The molecule has 0 aliphatic heterocycles. The molecule has 0 saturated heterocycles. The lowest BCUT2D eigenvalue weighted by Crippen LogP contribution is -2.16. The van der Waals surface area contributed by atoms with Crippen LogP contribution in [0.1, 0.15) is 31.2 Å². The second-order valence-electron chi connectivity index (χ2n) is 6.24. The number of aromatic nitrogens is 2. The van der Waals surface area contributed by atoms with E-state index in [9.17, 15) is 0 Å². The van der Waals surface area contributed by atoms with Gasteiger partial charge in [-0.2, -0.15) is 0 Å². The summed E-state index contributed by atoms with van der Waals surface area (Å²) >= 11 is 0. The summed E-state index contributed by atoms with van der Waals surface area (Å²) in [6.07, 6.45) is 7.34. The van der Waals surface area contributed by atoms with Gasteiger partial charge in [-0.15, -0.1) is 0 Å².